The molecule has 88 valence electrons. The SMILES string of the molecule is C[C@H](N)c1cccnc1N(C)C1CCCC1. The van der Waals surface area contributed by atoms with Crippen molar-refractivity contribution in [3.8, 4) is 0 Å². The molecule has 1 aliphatic carbocycles. The van der Waals surface area contributed by atoms with E-state index < -0.39 is 0 Å². The lowest BCUT2D eigenvalue weighted by molar-refractivity contribution is 0.639. The Hall–Kier alpha value is -1.09. The Kier molecular flexibility index (Phi) is 3.44. The van der Waals surface area contributed by atoms with Crippen molar-refractivity contribution in [2.24, 2.45) is 5.73 Å². The molecule has 1 atom stereocenters. The molecule has 0 radical (unpaired) electrons. The monoisotopic (exact) mass is 219 g/mol. The predicted molar refractivity (Wildman–Crippen MR) is 67.5 cm³/mol. The zero-order valence-electron chi connectivity index (χ0n) is 10.2. The van der Waals surface area contributed by atoms with Gasteiger partial charge in [-0.25, -0.2) is 4.98 Å². The van der Waals surface area contributed by atoms with Gasteiger partial charge in [-0.3, -0.25) is 0 Å². The van der Waals surface area contributed by atoms with Gasteiger partial charge < -0.3 is 10.6 Å². The van der Waals surface area contributed by atoms with Gasteiger partial charge in [0.15, 0.2) is 0 Å². The van der Waals surface area contributed by atoms with Crippen molar-refractivity contribution >= 4 is 5.82 Å². The number of anilines is 1. The van der Waals surface area contributed by atoms with E-state index in [0.29, 0.717) is 6.04 Å². The number of pyridine rings is 1. The molecule has 0 bridgehead atoms. The number of hydrogen-bond donors (Lipinski definition) is 1. The minimum Gasteiger partial charge on any atom is -0.356 e. The summed E-state index contributed by atoms with van der Waals surface area (Å²) in [6.45, 7) is 2.02. The largest absolute Gasteiger partial charge is 0.356 e. The van der Waals surface area contributed by atoms with Gasteiger partial charge in [0.1, 0.15) is 5.82 Å². The van der Waals surface area contributed by atoms with Crippen LogP contribution in [0.15, 0.2) is 18.3 Å². The van der Waals surface area contributed by atoms with Crippen molar-refractivity contribution in [2.45, 2.75) is 44.7 Å². The molecule has 1 aromatic heterocycles. The quantitative estimate of drug-likeness (QED) is 0.849. The van der Waals surface area contributed by atoms with Gasteiger partial charge >= 0.3 is 0 Å². The minimum absolute atomic E-state index is 0.0487. The fourth-order valence-corrected chi connectivity index (χ4v) is 2.52. The summed E-state index contributed by atoms with van der Waals surface area (Å²) in [5.41, 5.74) is 7.13. The molecule has 16 heavy (non-hydrogen) atoms. The fourth-order valence-electron chi connectivity index (χ4n) is 2.52. The van der Waals surface area contributed by atoms with Gasteiger partial charge in [-0.15, -0.1) is 0 Å². The Balaban J connectivity index is 2.24. The van der Waals surface area contributed by atoms with Crippen LogP contribution in [-0.2, 0) is 0 Å². The standard InChI is InChI=1S/C13H21N3/c1-10(14)12-8-5-9-15-13(12)16(2)11-6-3-4-7-11/h5,8-11H,3-4,6-7,14H2,1-2H3/t10-/m0/s1. The highest BCUT2D eigenvalue weighted by atomic mass is 15.2. The summed E-state index contributed by atoms with van der Waals surface area (Å²) in [6.07, 6.45) is 7.11. The highest BCUT2D eigenvalue weighted by Gasteiger charge is 2.22. The van der Waals surface area contributed by atoms with E-state index in [9.17, 15) is 0 Å². The number of nitrogens with two attached hydrogens (primary N) is 1. The van der Waals surface area contributed by atoms with E-state index in [2.05, 4.69) is 23.0 Å². The van der Waals surface area contributed by atoms with E-state index in [1.165, 1.54) is 25.7 Å². The maximum atomic E-state index is 5.98. The number of hydrogen-bond acceptors (Lipinski definition) is 3. The maximum absolute atomic E-state index is 5.98. The van der Waals surface area contributed by atoms with Gasteiger partial charge in [-0.05, 0) is 25.8 Å². The first kappa shape index (κ1) is 11.4. The Bertz CT molecular complexity index is 343. The molecular formula is C13H21N3. The van der Waals surface area contributed by atoms with Crippen molar-refractivity contribution < 1.29 is 0 Å². The molecule has 2 N–H and O–H groups in total. The molecule has 0 aromatic carbocycles. The number of nitrogens with zero attached hydrogens (tertiary/aromatic N) is 2. The summed E-state index contributed by atoms with van der Waals surface area (Å²) in [7, 11) is 2.14. The van der Waals surface area contributed by atoms with Gasteiger partial charge in [-0.1, -0.05) is 18.9 Å². The third-order valence-corrected chi connectivity index (χ3v) is 3.51. The molecule has 1 aliphatic rings. The summed E-state index contributed by atoms with van der Waals surface area (Å²) in [5, 5.41) is 0. The molecule has 0 amide bonds. The molecule has 1 fully saturated rings. The Labute approximate surface area is 97.7 Å². The predicted octanol–water partition coefficient (Wildman–Crippen LogP) is 2.48. The molecule has 2 rings (SSSR count). The summed E-state index contributed by atoms with van der Waals surface area (Å²) >= 11 is 0. The van der Waals surface area contributed by atoms with Crippen LogP contribution in [0.25, 0.3) is 0 Å². The van der Waals surface area contributed by atoms with Crippen molar-refractivity contribution in [2.75, 3.05) is 11.9 Å². The second-order valence-electron chi connectivity index (χ2n) is 4.75. The fraction of sp³-hybridized carbons (Fsp3) is 0.615. The lowest BCUT2D eigenvalue weighted by atomic mass is 10.1. The van der Waals surface area contributed by atoms with E-state index in [4.69, 9.17) is 5.73 Å². The third-order valence-electron chi connectivity index (χ3n) is 3.51. The third kappa shape index (κ3) is 2.19. The van der Waals surface area contributed by atoms with Crippen LogP contribution in [0, 0.1) is 0 Å². The van der Waals surface area contributed by atoms with Gasteiger partial charge in [0.05, 0.1) is 0 Å². The molecule has 0 spiro atoms. The first-order chi connectivity index (χ1) is 7.70. The summed E-state index contributed by atoms with van der Waals surface area (Å²) in [4.78, 5) is 6.80. The van der Waals surface area contributed by atoms with E-state index in [1.54, 1.807) is 0 Å². The Morgan fingerprint density at radius 2 is 2.12 bits per heavy atom. The molecule has 0 saturated heterocycles. The van der Waals surface area contributed by atoms with Crippen LogP contribution < -0.4 is 10.6 Å². The van der Waals surface area contributed by atoms with Crippen LogP contribution in [0.2, 0.25) is 0 Å². The lowest BCUT2D eigenvalue weighted by Crippen LogP contribution is -2.31. The highest BCUT2D eigenvalue weighted by Crippen LogP contribution is 2.29. The number of aromatic nitrogens is 1. The Morgan fingerprint density at radius 1 is 1.44 bits per heavy atom. The first-order valence-electron chi connectivity index (χ1n) is 6.13. The second-order valence-corrected chi connectivity index (χ2v) is 4.75. The summed E-state index contributed by atoms with van der Waals surface area (Å²) in [5.74, 6) is 1.06. The van der Waals surface area contributed by atoms with Crippen molar-refractivity contribution in [3.63, 3.8) is 0 Å². The average Bonchev–Trinajstić information content (AvgIpc) is 2.81. The van der Waals surface area contributed by atoms with Crippen molar-refractivity contribution in [1.29, 1.82) is 0 Å². The van der Waals surface area contributed by atoms with Crippen LogP contribution in [0.4, 0.5) is 5.82 Å². The van der Waals surface area contributed by atoms with Gasteiger partial charge in [0, 0.05) is 30.9 Å². The van der Waals surface area contributed by atoms with E-state index in [0.717, 1.165) is 11.4 Å². The smallest absolute Gasteiger partial charge is 0.133 e. The van der Waals surface area contributed by atoms with Crippen LogP contribution >= 0.6 is 0 Å². The molecule has 1 saturated carbocycles. The Morgan fingerprint density at radius 3 is 2.75 bits per heavy atom. The van der Waals surface area contributed by atoms with Crippen LogP contribution in [0.1, 0.15) is 44.2 Å². The van der Waals surface area contributed by atoms with Crippen LogP contribution in [0.3, 0.4) is 0 Å². The average molecular weight is 219 g/mol. The van der Waals surface area contributed by atoms with Gasteiger partial charge in [0.25, 0.3) is 0 Å². The van der Waals surface area contributed by atoms with Gasteiger partial charge in [-0.2, -0.15) is 0 Å². The first-order valence-corrected chi connectivity index (χ1v) is 6.13. The van der Waals surface area contributed by atoms with E-state index in [1.807, 2.05) is 19.2 Å². The molecule has 0 unspecified atom stereocenters. The molecule has 3 nitrogen and oxygen atoms in total. The summed E-state index contributed by atoms with van der Waals surface area (Å²) < 4.78 is 0. The normalized spacial score (nSPS) is 18.7. The van der Waals surface area contributed by atoms with Gasteiger partial charge in [0.2, 0.25) is 0 Å². The molecule has 1 aromatic rings. The number of rotatable bonds is 3. The van der Waals surface area contributed by atoms with E-state index >= 15 is 0 Å². The maximum Gasteiger partial charge on any atom is 0.133 e. The lowest BCUT2D eigenvalue weighted by Gasteiger charge is -2.28. The second kappa shape index (κ2) is 4.83. The molecule has 0 aliphatic heterocycles. The highest BCUT2D eigenvalue weighted by molar-refractivity contribution is 5.48. The van der Waals surface area contributed by atoms with Crippen LogP contribution in [0.5, 0.6) is 0 Å². The van der Waals surface area contributed by atoms with Crippen LogP contribution in [-0.4, -0.2) is 18.1 Å². The molecular weight excluding hydrogens is 198 g/mol. The molecule has 1 heterocycles. The molecule has 3 heteroatoms. The summed E-state index contributed by atoms with van der Waals surface area (Å²) in [6, 6.07) is 4.74. The van der Waals surface area contributed by atoms with E-state index in [-0.39, 0.29) is 6.04 Å². The minimum atomic E-state index is 0.0487. The van der Waals surface area contributed by atoms with Crippen molar-refractivity contribution in [1.82, 2.24) is 4.98 Å². The zero-order valence-corrected chi connectivity index (χ0v) is 10.2. The zero-order chi connectivity index (χ0) is 11.5. The topological polar surface area (TPSA) is 42.1 Å². The van der Waals surface area contributed by atoms with Crippen molar-refractivity contribution in [3.05, 3.63) is 23.9 Å².